The van der Waals surface area contributed by atoms with Gasteiger partial charge in [0.15, 0.2) is 5.82 Å². The van der Waals surface area contributed by atoms with E-state index < -0.39 is 0 Å². The maximum atomic E-state index is 6.33. The molecule has 0 unspecified atom stereocenters. The molecule has 1 aromatic heterocycles. The lowest BCUT2D eigenvalue weighted by molar-refractivity contribution is 1.22. The summed E-state index contributed by atoms with van der Waals surface area (Å²) in [7, 11) is 0. The fourth-order valence-electron chi connectivity index (χ4n) is 2.20. The summed E-state index contributed by atoms with van der Waals surface area (Å²) in [5, 5.41) is 2.02. The molecule has 0 bridgehead atoms. The number of hydrogen-bond donors (Lipinski definition) is 0. The molecule has 2 aromatic carbocycles. The molecule has 0 N–H and O–H groups in total. The minimum absolute atomic E-state index is 0.451. The Labute approximate surface area is 141 Å². The van der Waals surface area contributed by atoms with Gasteiger partial charge in [-0.15, -0.1) is 0 Å². The molecule has 0 saturated carbocycles. The molecule has 0 radical (unpaired) electrons. The summed E-state index contributed by atoms with van der Waals surface area (Å²) in [4.78, 5) is 9.05. The summed E-state index contributed by atoms with van der Waals surface area (Å²) in [6.45, 7) is 3.96. The molecule has 3 aromatic rings. The highest BCUT2D eigenvalue weighted by Gasteiger charge is 2.11. The van der Waals surface area contributed by atoms with Gasteiger partial charge in [0.05, 0.1) is 5.52 Å². The van der Waals surface area contributed by atoms with Gasteiger partial charge >= 0.3 is 0 Å². The zero-order valence-electron chi connectivity index (χ0n) is 11.4. The Bertz CT molecular complexity index is 863. The Hall–Kier alpha value is -1.16. The molecule has 0 aliphatic rings. The van der Waals surface area contributed by atoms with E-state index in [9.17, 15) is 0 Å². The van der Waals surface area contributed by atoms with Gasteiger partial charge in [0.25, 0.3) is 0 Å². The Morgan fingerprint density at radius 1 is 1.00 bits per heavy atom. The number of nitrogens with zero attached hydrogens (tertiary/aromatic N) is 2. The van der Waals surface area contributed by atoms with Crippen molar-refractivity contribution in [3.63, 3.8) is 0 Å². The first-order valence-electron chi connectivity index (χ1n) is 6.35. The van der Waals surface area contributed by atoms with E-state index >= 15 is 0 Å². The molecule has 5 heteroatoms. The van der Waals surface area contributed by atoms with Gasteiger partial charge in [-0.05, 0) is 71.2 Å². The lowest BCUT2D eigenvalue weighted by atomic mass is 10.1. The number of aryl methyl sites for hydroxylation is 2. The fourth-order valence-corrected chi connectivity index (χ4v) is 3.21. The summed E-state index contributed by atoms with van der Waals surface area (Å²) in [6, 6.07) is 9.70. The Balaban J connectivity index is 2.27. The van der Waals surface area contributed by atoms with Crippen LogP contribution in [-0.2, 0) is 0 Å². The van der Waals surface area contributed by atoms with Crippen LogP contribution in [0.25, 0.3) is 22.3 Å². The van der Waals surface area contributed by atoms with Crippen molar-refractivity contribution < 1.29 is 0 Å². The van der Waals surface area contributed by atoms with E-state index in [2.05, 4.69) is 25.9 Å². The van der Waals surface area contributed by atoms with Crippen molar-refractivity contribution >= 4 is 50.0 Å². The highest BCUT2D eigenvalue weighted by atomic mass is 79.9. The Morgan fingerprint density at radius 2 is 1.76 bits per heavy atom. The van der Waals surface area contributed by atoms with Crippen LogP contribution in [0.4, 0.5) is 0 Å². The predicted molar refractivity (Wildman–Crippen MR) is 92.2 cm³/mol. The molecule has 0 atom stereocenters. The van der Waals surface area contributed by atoms with Crippen LogP contribution >= 0.6 is 39.1 Å². The molecule has 0 spiro atoms. The van der Waals surface area contributed by atoms with E-state index in [1.807, 2.05) is 44.2 Å². The normalized spacial score (nSPS) is 11.1. The van der Waals surface area contributed by atoms with Crippen molar-refractivity contribution in [2.45, 2.75) is 13.8 Å². The highest BCUT2D eigenvalue weighted by Crippen LogP contribution is 2.31. The van der Waals surface area contributed by atoms with Gasteiger partial charge in [-0.25, -0.2) is 9.97 Å². The van der Waals surface area contributed by atoms with Crippen molar-refractivity contribution in [1.82, 2.24) is 9.97 Å². The van der Waals surface area contributed by atoms with Gasteiger partial charge in [0.2, 0.25) is 0 Å². The smallest absolute Gasteiger partial charge is 0.161 e. The maximum absolute atomic E-state index is 6.33. The molecular weight excluding hydrogens is 371 g/mol. The number of rotatable bonds is 1. The van der Waals surface area contributed by atoms with Crippen LogP contribution in [0.5, 0.6) is 0 Å². The number of hydrogen-bond acceptors (Lipinski definition) is 2. The first-order valence-corrected chi connectivity index (χ1v) is 7.90. The summed E-state index contributed by atoms with van der Waals surface area (Å²) >= 11 is 15.9. The lowest BCUT2D eigenvalue weighted by Gasteiger charge is -2.08. The van der Waals surface area contributed by atoms with E-state index in [-0.39, 0.29) is 0 Å². The Kier molecular flexibility index (Phi) is 3.91. The fraction of sp³-hybridized carbons (Fsp3) is 0.125. The number of halogens is 3. The molecule has 0 aliphatic carbocycles. The molecule has 2 nitrogen and oxygen atoms in total. The van der Waals surface area contributed by atoms with E-state index in [1.165, 1.54) is 0 Å². The van der Waals surface area contributed by atoms with Gasteiger partial charge in [-0.1, -0.05) is 23.2 Å². The molecule has 0 aliphatic heterocycles. The SMILES string of the molecule is Cc1cc(Br)c2nc(-c3ccc(Cl)c(C)c3)nc(Cl)c2c1. The molecule has 0 saturated heterocycles. The van der Waals surface area contributed by atoms with Crippen molar-refractivity contribution in [3.8, 4) is 11.4 Å². The van der Waals surface area contributed by atoms with Gasteiger partial charge in [-0.2, -0.15) is 0 Å². The van der Waals surface area contributed by atoms with Crippen LogP contribution in [0.2, 0.25) is 10.2 Å². The zero-order chi connectivity index (χ0) is 15.1. The standard InChI is InChI=1S/C16H11BrCl2N2/c1-8-5-11-14(12(17)6-8)20-16(21-15(11)19)10-3-4-13(18)9(2)7-10/h3-7H,1-2H3. The molecular formula is C16H11BrCl2N2. The minimum Gasteiger partial charge on any atom is -0.227 e. The van der Waals surface area contributed by atoms with Crippen molar-refractivity contribution in [1.29, 1.82) is 0 Å². The highest BCUT2D eigenvalue weighted by molar-refractivity contribution is 9.10. The number of aromatic nitrogens is 2. The summed E-state index contributed by atoms with van der Waals surface area (Å²) in [5.74, 6) is 0.594. The molecule has 1 heterocycles. The second-order valence-electron chi connectivity index (χ2n) is 4.94. The van der Waals surface area contributed by atoms with Crippen LogP contribution in [0.3, 0.4) is 0 Å². The van der Waals surface area contributed by atoms with Crippen LogP contribution in [0.1, 0.15) is 11.1 Å². The summed E-state index contributed by atoms with van der Waals surface area (Å²) in [6.07, 6.45) is 0. The van der Waals surface area contributed by atoms with Gasteiger partial charge in [0, 0.05) is 20.4 Å². The van der Waals surface area contributed by atoms with E-state index in [0.29, 0.717) is 11.0 Å². The molecule has 0 fully saturated rings. The topological polar surface area (TPSA) is 25.8 Å². The van der Waals surface area contributed by atoms with Crippen molar-refractivity contribution in [2.24, 2.45) is 0 Å². The largest absolute Gasteiger partial charge is 0.227 e. The third kappa shape index (κ3) is 2.78. The third-order valence-electron chi connectivity index (χ3n) is 3.27. The predicted octanol–water partition coefficient (Wildman–Crippen LogP) is 5.98. The lowest BCUT2D eigenvalue weighted by Crippen LogP contribution is -1.94. The van der Waals surface area contributed by atoms with E-state index in [0.717, 1.165) is 37.1 Å². The first kappa shape index (κ1) is 14.8. The number of fused-ring (bicyclic) bond motifs is 1. The monoisotopic (exact) mass is 380 g/mol. The zero-order valence-corrected chi connectivity index (χ0v) is 14.5. The second-order valence-corrected chi connectivity index (χ2v) is 6.56. The summed E-state index contributed by atoms with van der Waals surface area (Å²) in [5.41, 5.74) is 3.79. The van der Waals surface area contributed by atoms with Crippen LogP contribution in [0, 0.1) is 13.8 Å². The van der Waals surface area contributed by atoms with E-state index in [1.54, 1.807) is 0 Å². The molecule has 3 rings (SSSR count). The third-order valence-corrected chi connectivity index (χ3v) is 4.58. The van der Waals surface area contributed by atoms with E-state index in [4.69, 9.17) is 23.2 Å². The van der Waals surface area contributed by atoms with Gasteiger partial charge < -0.3 is 0 Å². The van der Waals surface area contributed by atoms with Gasteiger partial charge in [0.1, 0.15) is 5.15 Å². The quantitative estimate of drug-likeness (QED) is 0.484. The van der Waals surface area contributed by atoms with Crippen LogP contribution in [0.15, 0.2) is 34.8 Å². The Morgan fingerprint density at radius 3 is 2.48 bits per heavy atom. The van der Waals surface area contributed by atoms with Crippen molar-refractivity contribution in [2.75, 3.05) is 0 Å². The van der Waals surface area contributed by atoms with Crippen molar-refractivity contribution in [3.05, 3.63) is 56.1 Å². The average molecular weight is 382 g/mol. The molecule has 21 heavy (non-hydrogen) atoms. The molecule has 0 amide bonds. The summed E-state index contributed by atoms with van der Waals surface area (Å²) < 4.78 is 0.911. The minimum atomic E-state index is 0.451. The van der Waals surface area contributed by atoms with Crippen LogP contribution in [-0.4, -0.2) is 9.97 Å². The number of benzene rings is 2. The van der Waals surface area contributed by atoms with Crippen LogP contribution < -0.4 is 0 Å². The first-order chi connectivity index (χ1) is 9.95. The second kappa shape index (κ2) is 5.56. The molecule has 106 valence electrons. The van der Waals surface area contributed by atoms with Gasteiger partial charge in [-0.3, -0.25) is 0 Å². The maximum Gasteiger partial charge on any atom is 0.161 e. The average Bonchev–Trinajstić information content (AvgIpc) is 2.43.